The van der Waals surface area contributed by atoms with E-state index in [1.54, 1.807) is 11.8 Å². The fourth-order valence-electron chi connectivity index (χ4n) is 1.94. The van der Waals surface area contributed by atoms with Crippen molar-refractivity contribution in [1.82, 2.24) is 15.5 Å². The molecule has 0 radical (unpaired) electrons. The summed E-state index contributed by atoms with van der Waals surface area (Å²) in [6.07, 6.45) is 1.95. The molecule has 126 valence electrons. The van der Waals surface area contributed by atoms with Crippen LogP contribution < -0.4 is 11.1 Å². The lowest BCUT2D eigenvalue weighted by Gasteiger charge is -2.28. The van der Waals surface area contributed by atoms with Gasteiger partial charge in [0.25, 0.3) is 0 Å². The van der Waals surface area contributed by atoms with Crippen molar-refractivity contribution in [2.75, 3.05) is 6.26 Å². The number of aromatic amines is 1. The minimum absolute atomic E-state index is 0. The van der Waals surface area contributed by atoms with Crippen LogP contribution >= 0.6 is 24.2 Å². The average molecular weight is 355 g/mol. The molecule has 1 aromatic carbocycles. The van der Waals surface area contributed by atoms with E-state index in [4.69, 9.17) is 5.73 Å². The van der Waals surface area contributed by atoms with Crippen LogP contribution in [0.3, 0.4) is 0 Å². The third-order valence-corrected chi connectivity index (χ3v) is 5.02. The predicted octanol–water partition coefficient (Wildman–Crippen LogP) is 2.58. The summed E-state index contributed by atoms with van der Waals surface area (Å²) in [6.45, 7) is 4.31. The number of H-pyrrole nitrogens is 1. The molecular formula is C16H23ClN4OS. The maximum absolute atomic E-state index is 12.1. The van der Waals surface area contributed by atoms with Crippen LogP contribution in [0.5, 0.6) is 0 Å². The number of nitrogens with two attached hydrogens (primary N) is 1. The fourth-order valence-corrected chi connectivity index (χ4v) is 2.30. The van der Waals surface area contributed by atoms with E-state index < -0.39 is 6.04 Å². The molecule has 0 spiro atoms. The first-order valence-electron chi connectivity index (χ1n) is 7.12. The van der Waals surface area contributed by atoms with Crippen molar-refractivity contribution in [2.45, 2.75) is 31.2 Å². The van der Waals surface area contributed by atoms with E-state index in [-0.39, 0.29) is 23.1 Å². The molecule has 0 aliphatic carbocycles. The number of nitrogens with zero attached hydrogens (tertiary/aromatic N) is 1. The number of halogens is 1. The first kappa shape index (κ1) is 19.5. The highest BCUT2D eigenvalue weighted by Gasteiger charge is 2.31. The molecule has 0 aliphatic rings. The zero-order valence-corrected chi connectivity index (χ0v) is 15.1. The maximum Gasteiger partial charge on any atom is 0.238 e. The largest absolute Gasteiger partial charge is 0.349 e. The minimum atomic E-state index is -0.556. The van der Waals surface area contributed by atoms with Gasteiger partial charge < -0.3 is 11.1 Å². The van der Waals surface area contributed by atoms with Crippen LogP contribution in [0, 0.1) is 0 Å². The molecule has 0 aliphatic heterocycles. The van der Waals surface area contributed by atoms with Gasteiger partial charge in [-0.2, -0.15) is 16.9 Å². The van der Waals surface area contributed by atoms with E-state index >= 15 is 0 Å². The van der Waals surface area contributed by atoms with Crippen LogP contribution in [0.25, 0.3) is 11.3 Å². The molecule has 0 fully saturated rings. The maximum atomic E-state index is 12.1. The molecule has 1 atom stereocenters. The molecule has 23 heavy (non-hydrogen) atoms. The van der Waals surface area contributed by atoms with Gasteiger partial charge in [-0.15, -0.1) is 12.4 Å². The molecule has 0 bridgehead atoms. The van der Waals surface area contributed by atoms with Crippen molar-refractivity contribution in [3.63, 3.8) is 0 Å². The Balaban J connectivity index is 0.00000264. The number of thioether (sulfide) groups is 1. The van der Waals surface area contributed by atoms with Crippen molar-refractivity contribution in [1.29, 1.82) is 0 Å². The van der Waals surface area contributed by atoms with E-state index in [1.807, 2.05) is 56.5 Å². The van der Waals surface area contributed by atoms with E-state index in [0.717, 1.165) is 17.0 Å². The Morgan fingerprint density at radius 2 is 2.04 bits per heavy atom. The lowest BCUT2D eigenvalue weighted by atomic mass is 10.0. The number of carbonyl (C=O) groups is 1. The van der Waals surface area contributed by atoms with Crippen LogP contribution in [0.15, 0.2) is 36.4 Å². The Kier molecular flexibility index (Phi) is 7.12. The van der Waals surface area contributed by atoms with Crippen LogP contribution in [0.4, 0.5) is 0 Å². The summed E-state index contributed by atoms with van der Waals surface area (Å²) in [4.78, 5) is 12.1. The first-order chi connectivity index (χ1) is 10.4. The summed E-state index contributed by atoms with van der Waals surface area (Å²) < 4.78 is -0.298. The summed E-state index contributed by atoms with van der Waals surface area (Å²) in [7, 11) is 0. The standard InChI is InChI=1S/C16H22N4OS.ClH/c1-16(2,22-3)14(17)15(21)18-10-12-9-13(20-19-12)11-7-5-4-6-8-11;/h4-9,14H,10,17H2,1-3H3,(H,18,21)(H,19,20);1H/t14-;/m1./s1. The molecule has 2 rings (SSSR count). The van der Waals surface area contributed by atoms with Crippen molar-refractivity contribution >= 4 is 30.1 Å². The summed E-state index contributed by atoms with van der Waals surface area (Å²) in [5, 5.41) is 10.1. The van der Waals surface area contributed by atoms with Crippen LogP contribution in [-0.4, -0.2) is 33.1 Å². The monoisotopic (exact) mass is 354 g/mol. The highest BCUT2D eigenvalue weighted by molar-refractivity contribution is 8.00. The number of rotatable bonds is 6. The topological polar surface area (TPSA) is 83.8 Å². The van der Waals surface area contributed by atoms with Gasteiger partial charge in [0.05, 0.1) is 24.0 Å². The van der Waals surface area contributed by atoms with Gasteiger partial charge in [0, 0.05) is 10.3 Å². The van der Waals surface area contributed by atoms with Crippen LogP contribution in [0.2, 0.25) is 0 Å². The second-order valence-electron chi connectivity index (χ2n) is 5.65. The lowest BCUT2D eigenvalue weighted by molar-refractivity contribution is -0.123. The van der Waals surface area contributed by atoms with E-state index in [0.29, 0.717) is 6.54 Å². The zero-order valence-electron chi connectivity index (χ0n) is 13.5. The van der Waals surface area contributed by atoms with Crippen molar-refractivity contribution in [3.8, 4) is 11.3 Å². The zero-order chi connectivity index (χ0) is 16.2. The number of amides is 1. The molecule has 0 saturated heterocycles. The number of carbonyl (C=O) groups excluding carboxylic acids is 1. The molecule has 5 nitrogen and oxygen atoms in total. The Morgan fingerprint density at radius 3 is 2.65 bits per heavy atom. The second-order valence-corrected chi connectivity index (χ2v) is 7.11. The van der Waals surface area contributed by atoms with Crippen LogP contribution in [-0.2, 0) is 11.3 Å². The number of hydrogen-bond donors (Lipinski definition) is 3. The van der Waals surface area contributed by atoms with E-state index in [9.17, 15) is 4.79 Å². The quantitative estimate of drug-likeness (QED) is 0.744. The third-order valence-electron chi connectivity index (χ3n) is 3.71. The average Bonchev–Trinajstić information content (AvgIpc) is 3.01. The number of aromatic nitrogens is 2. The van der Waals surface area contributed by atoms with Gasteiger partial charge in [-0.05, 0) is 26.2 Å². The van der Waals surface area contributed by atoms with Gasteiger partial charge in [-0.3, -0.25) is 9.89 Å². The molecule has 4 N–H and O–H groups in total. The van der Waals surface area contributed by atoms with E-state index in [1.165, 1.54) is 0 Å². The number of benzene rings is 1. The van der Waals surface area contributed by atoms with Gasteiger partial charge in [0.15, 0.2) is 0 Å². The molecular weight excluding hydrogens is 332 g/mol. The normalized spacial score (nSPS) is 12.3. The molecule has 1 amide bonds. The van der Waals surface area contributed by atoms with Gasteiger partial charge in [-0.25, -0.2) is 0 Å². The minimum Gasteiger partial charge on any atom is -0.349 e. The van der Waals surface area contributed by atoms with Gasteiger partial charge >= 0.3 is 0 Å². The molecule has 0 saturated carbocycles. The van der Waals surface area contributed by atoms with Gasteiger partial charge in [-0.1, -0.05) is 30.3 Å². The second kappa shape index (κ2) is 8.38. The SMILES string of the molecule is CSC(C)(C)[C@H](N)C(=O)NCc1cc(-c2ccccc2)n[nH]1.Cl. The van der Waals surface area contributed by atoms with E-state index in [2.05, 4.69) is 15.5 Å². The van der Waals surface area contributed by atoms with Crippen LogP contribution in [0.1, 0.15) is 19.5 Å². The predicted molar refractivity (Wildman–Crippen MR) is 98.7 cm³/mol. The van der Waals surface area contributed by atoms with Gasteiger partial charge in [0.1, 0.15) is 0 Å². The highest BCUT2D eigenvalue weighted by atomic mass is 35.5. The van der Waals surface area contributed by atoms with Gasteiger partial charge in [0.2, 0.25) is 5.91 Å². The third kappa shape index (κ3) is 4.99. The molecule has 7 heteroatoms. The number of hydrogen-bond acceptors (Lipinski definition) is 4. The summed E-state index contributed by atoms with van der Waals surface area (Å²) in [5.74, 6) is -0.157. The van der Waals surface area contributed by atoms with Crippen molar-refractivity contribution in [2.24, 2.45) is 5.73 Å². The Labute approximate surface area is 147 Å². The number of nitrogens with one attached hydrogen (secondary N) is 2. The highest BCUT2D eigenvalue weighted by Crippen LogP contribution is 2.24. The molecule has 1 heterocycles. The lowest BCUT2D eigenvalue weighted by Crippen LogP contribution is -2.51. The summed E-state index contributed by atoms with van der Waals surface area (Å²) >= 11 is 1.58. The summed E-state index contributed by atoms with van der Waals surface area (Å²) in [5.41, 5.74) is 8.75. The Bertz CT molecular complexity index is 630. The Hall–Kier alpha value is -1.50. The molecule has 1 aromatic heterocycles. The first-order valence-corrected chi connectivity index (χ1v) is 8.34. The summed E-state index contributed by atoms with van der Waals surface area (Å²) in [6, 6.07) is 11.3. The van der Waals surface area contributed by atoms with Crippen molar-refractivity contribution in [3.05, 3.63) is 42.1 Å². The molecule has 0 unspecified atom stereocenters. The molecule has 2 aromatic rings. The smallest absolute Gasteiger partial charge is 0.238 e. The van der Waals surface area contributed by atoms with Crippen molar-refractivity contribution < 1.29 is 4.79 Å². The fraction of sp³-hybridized carbons (Fsp3) is 0.375. The Morgan fingerprint density at radius 1 is 1.39 bits per heavy atom.